The summed E-state index contributed by atoms with van der Waals surface area (Å²) in [5, 5.41) is 1.46. The number of esters is 1. The first-order valence-corrected chi connectivity index (χ1v) is 17.7. The second kappa shape index (κ2) is 14.2. The number of hydrogen-bond donors (Lipinski definition) is 1. The third kappa shape index (κ3) is 7.94. The molecular formula is C36H34N2O6S2. The summed E-state index contributed by atoms with van der Waals surface area (Å²) in [4.78, 5) is 40.0. The second-order valence-corrected chi connectivity index (χ2v) is 15.2. The molecule has 0 saturated carbocycles. The Bertz CT molecular complexity index is 1780. The minimum atomic E-state index is -3.82. The minimum Gasteiger partial charge on any atom is -0.451 e. The van der Waals surface area contributed by atoms with Crippen LogP contribution in [-0.4, -0.2) is 48.6 Å². The lowest BCUT2D eigenvalue weighted by Gasteiger charge is -2.49. The molecule has 0 radical (unpaired) electrons. The summed E-state index contributed by atoms with van der Waals surface area (Å²) in [6.45, 7) is 6.73. The summed E-state index contributed by atoms with van der Waals surface area (Å²) >= 11 is 0. The Kier molecular flexibility index (Phi) is 10.1. The third-order valence-corrected chi connectivity index (χ3v) is 10.9. The molecule has 0 spiro atoms. The van der Waals surface area contributed by atoms with E-state index in [9.17, 15) is 22.8 Å². The molecule has 1 aliphatic heterocycles. The number of amides is 2. The van der Waals surface area contributed by atoms with Gasteiger partial charge in [-0.15, -0.1) is 0 Å². The van der Waals surface area contributed by atoms with Gasteiger partial charge in [0, 0.05) is 6.92 Å². The van der Waals surface area contributed by atoms with Crippen molar-refractivity contribution in [3.05, 3.63) is 144 Å². The highest BCUT2D eigenvalue weighted by molar-refractivity contribution is 8.72. The molecular weight excluding hydrogens is 621 g/mol. The van der Waals surface area contributed by atoms with E-state index >= 15 is 0 Å². The lowest BCUT2D eigenvalue weighted by atomic mass is 9.98. The number of nitrogens with zero attached hydrogens (tertiary/aromatic N) is 1. The van der Waals surface area contributed by atoms with E-state index in [-0.39, 0.29) is 5.75 Å². The van der Waals surface area contributed by atoms with Gasteiger partial charge in [-0.25, -0.2) is 13.2 Å². The van der Waals surface area contributed by atoms with Crippen molar-refractivity contribution in [1.82, 2.24) is 10.2 Å². The number of hydrogen-bond acceptors (Lipinski definition) is 7. The van der Waals surface area contributed by atoms with Gasteiger partial charge >= 0.3 is 5.97 Å². The highest BCUT2D eigenvalue weighted by atomic mass is 33.1. The Morgan fingerprint density at radius 1 is 0.848 bits per heavy atom. The molecule has 1 fully saturated rings. The molecule has 1 saturated heterocycles. The number of carbonyl (C=O) groups excluding carboxylic acids is 3. The van der Waals surface area contributed by atoms with E-state index in [4.69, 9.17) is 4.74 Å². The average Bonchev–Trinajstić information content (AvgIpc) is 3.64. The molecule has 3 aromatic carbocycles. The SMILES string of the molecule is C=C(C)C(C(=O)OC(c1ccccc1)c1ccccc1)N1C(=O)C(NC(C)=O)C1SS(=O)(=O)Cc1ccccc1.c1cc2cc-2c1. The lowest BCUT2D eigenvalue weighted by molar-refractivity contribution is -0.165. The maximum atomic E-state index is 13.7. The van der Waals surface area contributed by atoms with E-state index in [1.165, 1.54) is 18.1 Å². The molecule has 2 amide bonds. The largest absolute Gasteiger partial charge is 0.451 e. The Morgan fingerprint density at radius 3 is 1.80 bits per heavy atom. The monoisotopic (exact) mass is 654 g/mol. The van der Waals surface area contributed by atoms with E-state index in [1.807, 2.05) is 60.7 Å². The average molecular weight is 655 g/mol. The smallest absolute Gasteiger partial charge is 0.334 e. The van der Waals surface area contributed by atoms with Crippen LogP contribution >= 0.6 is 10.8 Å². The number of fused-ring (bicyclic) bond motifs is 1. The highest BCUT2D eigenvalue weighted by Crippen LogP contribution is 2.39. The summed E-state index contributed by atoms with van der Waals surface area (Å²) in [7, 11) is -3.29. The Morgan fingerprint density at radius 2 is 1.37 bits per heavy atom. The molecule has 3 aliphatic rings. The van der Waals surface area contributed by atoms with E-state index in [1.54, 1.807) is 37.3 Å². The third-order valence-electron chi connectivity index (χ3n) is 7.39. The zero-order chi connectivity index (χ0) is 32.8. The van der Waals surface area contributed by atoms with Gasteiger partial charge in [0.2, 0.25) is 20.7 Å². The molecule has 1 N–H and O–H groups in total. The molecule has 0 bridgehead atoms. The van der Waals surface area contributed by atoms with Crippen LogP contribution in [0.15, 0.2) is 127 Å². The number of carbonyl (C=O) groups is 3. The van der Waals surface area contributed by atoms with Crippen molar-refractivity contribution >= 4 is 37.4 Å². The van der Waals surface area contributed by atoms with Gasteiger partial charge in [0.05, 0.1) is 5.75 Å². The maximum absolute atomic E-state index is 13.7. The number of β-lactam (4-membered cyclic amide) rings is 1. The van der Waals surface area contributed by atoms with Crippen LogP contribution in [0.4, 0.5) is 0 Å². The second-order valence-electron chi connectivity index (χ2n) is 11.1. The van der Waals surface area contributed by atoms with Gasteiger partial charge in [0.1, 0.15) is 11.4 Å². The van der Waals surface area contributed by atoms with Crippen molar-refractivity contribution in [2.45, 2.75) is 43.2 Å². The Hall–Kier alpha value is -4.67. The highest BCUT2D eigenvalue weighted by Gasteiger charge is 2.55. The first-order valence-electron chi connectivity index (χ1n) is 14.6. The van der Waals surface area contributed by atoms with Crippen LogP contribution in [0.3, 0.4) is 0 Å². The molecule has 46 heavy (non-hydrogen) atoms. The maximum Gasteiger partial charge on any atom is 0.334 e. The Labute approximate surface area is 272 Å². The fourth-order valence-corrected chi connectivity index (χ4v) is 8.88. The van der Waals surface area contributed by atoms with Crippen molar-refractivity contribution < 1.29 is 27.5 Å². The van der Waals surface area contributed by atoms with Gasteiger partial charge in [-0.2, -0.15) is 0 Å². The van der Waals surface area contributed by atoms with E-state index in [0.29, 0.717) is 21.9 Å². The molecule has 236 valence electrons. The summed E-state index contributed by atoms with van der Waals surface area (Å²) in [5.74, 6) is -2.13. The molecule has 10 heteroatoms. The van der Waals surface area contributed by atoms with Crippen molar-refractivity contribution in [3.63, 3.8) is 0 Å². The summed E-state index contributed by atoms with van der Waals surface area (Å²) in [5.41, 5.74) is 5.18. The lowest BCUT2D eigenvalue weighted by Crippen LogP contribution is -2.73. The quantitative estimate of drug-likeness (QED) is 0.0822. The summed E-state index contributed by atoms with van der Waals surface area (Å²) < 4.78 is 32.3. The number of nitrogens with one attached hydrogen (secondary N) is 1. The van der Waals surface area contributed by atoms with Crippen molar-refractivity contribution in [1.29, 1.82) is 0 Å². The number of rotatable bonds is 11. The Balaban J connectivity index is 0.000000612. The van der Waals surface area contributed by atoms with Crippen LogP contribution in [0.5, 0.6) is 0 Å². The fourth-order valence-electron chi connectivity index (χ4n) is 5.17. The first kappa shape index (κ1) is 32.7. The number of likely N-dealkylation sites (tertiary alicyclic amines) is 1. The molecule has 3 unspecified atom stereocenters. The van der Waals surface area contributed by atoms with Crippen LogP contribution in [0.2, 0.25) is 0 Å². The molecule has 1 heterocycles. The van der Waals surface area contributed by atoms with Gasteiger partial charge in [0.25, 0.3) is 0 Å². The van der Waals surface area contributed by atoms with Crippen LogP contribution < -0.4 is 5.32 Å². The van der Waals surface area contributed by atoms with Crippen LogP contribution in [0.25, 0.3) is 11.1 Å². The standard InChI is InChI=1S/C30H30N2O6S2.C6H4/c1-20(2)26(30(35)38-27(23-15-9-5-10-16-23)24-17-11-6-12-18-24)32-28(34)25(31-21(3)33)29(32)39-40(36,37)19-22-13-7-4-8-14-22;1-2-5-4-6(5)3-1/h4-18,25-27,29H,1,19H2,2-3H3,(H,31,33);1-4H. The van der Waals surface area contributed by atoms with Crippen molar-refractivity contribution in [3.8, 4) is 11.1 Å². The van der Waals surface area contributed by atoms with Gasteiger partial charge in [0.15, 0.2) is 12.1 Å². The van der Waals surface area contributed by atoms with Gasteiger partial charge in [-0.1, -0.05) is 116 Å². The van der Waals surface area contributed by atoms with Crippen molar-refractivity contribution in [2.75, 3.05) is 0 Å². The molecule has 6 rings (SSSR count). The van der Waals surface area contributed by atoms with Crippen LogP contribution in [0, 0.1) is 0 Å². The molecule has 8 nitrogen and oxygen atoms in total. The summed E-state index contributed by atoms with van der Waals surface area (Å²) in [6, 6.07) is 33.1. The predicted molar refractivity (Wildman–Crippen MR) is 180 cm³/mol. The fraction of sp³-hybridized carbons (Fsp3) is 0.194. The summed E-state index contributed by atoms with van der Waals surface area (Å²) in [6.07, 6.45) is -0.771. The number of ether oxygens (including phenoxy) is 1. The normalized spacial score (nSPS) is 16.8. The molecule has 3 aromatic rings. The van der Waals surface area contributed by atoms with E-state index < -0.39 is 50.2 Å². The molecule has 2 aliphatic carbocycles. The van der Waals surface area contributed by atoms with E-state index in [0.717, 1.165) is 16.0 Å². The topological polar surface area (TPSA) is 110 Å². The first-order chi connectivity index (χ1) is 22.0. The van der Waals surface area contributed by atoms with Gasteiger partial charge < -0.3 is 15.0 Å². The van der Waals surface area contributed by atoms with Crippen molar-refractivity contribution in [2.24, 2.45) is 0 Å². The van der Waals surface area contributed by atoms with Gasteiger partial charge in [-0.3, -0.25) is 9.59 Å². The van der Waals surface area contributed by atoms with Crippen LogP contribution in [0.1, 0.15) is 36.6 Å². The van der Waals surface area contributed by atoms with Gasteiger partial charge in [-0.05, 0) is 57.2 Å². The zero-order valence-electron chi connectivity index (χ0n) is 25.4. The number of benzene rings is 4. The van der Waals surface area contributed by atoms with E-state index in [2.05, 4.69) is 36.2 Å². The molecule has 3 atom stereocenters. The van der Waals surface area contributed by atoms with Crippen LogP contribution in [-0.2, 0) is 33.7 Å². The zero-order valence-corrected chi connectivity index (χ0v) is 27.0. The minimum absolute atomic E-state index is 0.282. The molecule has 0 aromatic heterocycles. The predicted octanol–water partition coefficient (Wildman–Crippen LogP) is 5.87.